The van der Waals surface area contributed by atoms with Gasteiger partial charge in [0.2, 0.25) is 11.8 Å². The van der Waals surface area contributed by atoms with Crippen molar-refractivity contribution in [1.82, 2.24) is 5.32 Å². The Balaban J connectivity index is 1.79. The number of benzene rings is 2. The zero-order valence-electron chi connectivity index (χ0n) is 10.9. The normalized spacial score (nSPS) is 25.5. The number of nitrogens with zero attached hydrogens (tertiary/aromatic N) is 1. The Morgan fingerprint density at radius 1 is 0.900 bits per heavy atom. The molecule has 0 radical (unpaired) electrons. The van der Waals surface area contributed by atoms with Gasteiger partial charge >= 0.3 is 0 Å². The number of carbonyl (C=O) groups excluding carboxylic acids is 2. The van der Waals surface area contributed by atoms with Crippen molar-refractivity contribution in [2.45, 2.75) is 0 Å². The number of nitrogens with one attached hydrogen (secondary N) is 1. The number of rotatable bonds is 1. The van der Waals surface area contributed by atoms with Gasteiger partial charge in [-0.05, 0) is 22.9 Å². The van der Waals surface area contributed by atoms with Crippen molar-refractivity contribution in [3.8, 4) is 0 Å². The molecule has 2 heterocycles. The lowest BCUT2D eigenvalue weighted by Crippen LogP contribution is -2.34. The molecular weight excluding hydrogens is 252 g/mol. The molecule has 0 aliphatic carbocycles. The first-order valence-electron chi connectivity index (χ1n) is 6.83. The Labute approximate surface area is 116 Å². The van der Waals surface area contributed by atoms with E-state index in [4.69, 9.17) is 0 Å². The topological polar surface area (TPSA) is 49.4 Å². The van der Waals surface area contributed by atoms with Gasteiger partial charge < -0.3 is 5.32 Å². The molecule has 100 valence electrons. The Bertz CT molecular complexity index is 703. The third-order valence-corrected chi connectivity index (χ3v) is 4.28. The van der Waals surface area contributed by atoms with Gasteiger partial charge in [0.15, 0.2) is 0 Å². The summed E-state index contributed by atoms with van der Waals surface area (Å²) in [6.07, 6.45) is 0. The summed E-state index contributed by atoms with van der Waals surface area (Å²) < 4.78 is 0. The Kier molecular flexibility index (Phi) is 2.41. The number of hydrogen-bond acceptors (Lipinski definition) is 3. The van der Waals surface area contributed by atoms with Gasteiger partial charge in [-0.3, -0.25) is 9.59 Å². The monoisotopic (exact) mass is 266 g/mol. The number of carbonyl (C=O) groups is 2. The van der Waals surface area contributed by atoms with Crippen LogP contribution in [0.4, 0.5) is 5.69 Å². The molecule has 1 N–H and O–H groups in total. The fraction of sp³-hybridized carbons (Fsp3) is 0.250. The van der Waals surface area contributed by atoms with Gasteiger partial charge in [-0.25, -0.2) is 4.90 Å². The van der Waals surface area contributed by atoms with E-state index in [1.165, 1.54) is 4.90 Å². The largest absolute Gasteiger partial charge is 0.315 e. The molecule has 4 heteroatoms. The molecule has 20 heavy (non-hydrogen) atoms. The van der Waals surface area contributed by atoms with Crippen molar-refractivity contribution in [3.63, 3.8) is 0 Å². The molecule has 2 saturated heterocycles. The number of amides is 2. The van der Waals surface area contributed by atoms with Crippen LogP contribution in [0.25, 0.3) is 10.8 Å². The first-order valence-corrected chi connectivity index (χ1v) is 6.83. The van der Waals surface area contributed by atoms with E-state index in [1.807, 2.05) is 42.5 Å². The van der Waals surface area contributed by atoms with Crippen LogP contribution in [0, 0.1) is 11.8 Å². The van der Waals surface area contributed by atoms with Crippen molar-refractivity contribution >= 4 is 28.3 Å². The van der Waals surface area contributed by atoms with Gasteiger partial charge in [-0.2, -0.15) is 0 Å². The maximum absolute atomic E-state index is 12.4. The van der Waals surface area contributed by atoms with Crippen molar-refractivity contribution in [2.24, 2.45) is 11.8 Å². The summed E-state index contributed by atoms with van der Waals surface area (Å²) in [7, 11) is 0. The van der Waals surface area contributed by atoms with Crippen LogP contribution in [0.5, 0.6) is 0 Å². The summed E-state index contributed by atoms with van der Waals surface area (Å²) >= 11 is 0. The predicted octanol–water partition coefficient (Wildman–Crippen LogP) is 1.55. The molecule has 2 unspecified atom stereocenters. The first-order chi connectivity index (χ1) is 9.75. The zero-order chi connectivity index (χ0) is 13.7. The second-order valence-electron chi connectivity index (χ2n) is 5.41. The van der Waals surface area contributed by atoms with E-state index in [0.717, 1.165) is 10.8 Å². The van der Waals surface area contributed by atoms with Crippen LogP contribution in [-0.2, 0) is 9.59 Å². The highest BCUT2D eigenvalue weighted by atomic mass is 16.2. The van der Waals surface area contributed by atoms with E-state index < -0.39 is 0 Å². The SMILES string of the molecule is O=C1C2CNCC2C(=O)N1c1ccc2ccccc2c1. The summed E-state index contributed by atoms with van der Waals surface area (Å²) in [5.74, 6) is -0.511. The molecule has 0 bridgehead atoms. The Morgan fingerprint density at radius 2 is 1.55 bits per heavy atom. The third kappa shape index (κ3) is 1.51. The number of anilines is 1. The molecule has 4 nitrogen and oxygen atoms in total. The standard InChI is InChI=1S/C16H14N2O2/c19-15-13-8-17-9-14(13)16(20)18(15)12-6-5-10-3-1-2-4-11(10)7-12/h1-7,13-14,17H,8-9H2. The molecule has 2 fully saturated rings. The van der Waals surface area contributed by atoms with Crippen molar-refractivity contribution in [3.05, 3.63) is 42.5 Å². The highest BCUT2D eigenvalue weighted by molar-refractivity contribution is 6.22. The molecule has 2 aromatic rings. The van der Waals surface area contributed by atoms with E-state index in [2.05, 4.69) is 5.32 Å². The maximum Gasteiger partial charge on any atom is 0.239 e. The molecule has 2 aromatic carbocycles. The van der Waals surface area contributed by atoms with E-state index in [9.17, 15) is 9.59 Å². The summed E-state index contributed by atoms with van der Waals surface area (Å²) in [6.45, 7) is 1.22. The fourth-order valence-electron chi connectivity index (χ4n) is 3.21. The Morgan fingerprint density at radius 3 is 2.25 bits per heavy atom. The van der Waals surface area contributed by atoms with Crippen LogP contribution in [0.3, 0.4) is 0 Å². The van der Waals surface area contributed by atoms with E-state index in [-0.39, 0.29) is 23.7 Å². The maximum atomic E-state index is 12.4. The summed E-state index contributed by atoms with van der Waals surface area (Å²) in [5.41, 5.74) is 0.688. The highest BCUT2D eigenvalue weighted by Gasteiger charge is 2.50. The van der Waals surface area contributed by atoms with Gasteiger partial charge in [-0.1, -0.05) is 30.3 Å². The summed E-state index contributed by atoms with van der Waals surface area (Å²) in [6, 6.07) is 13.7. The average Bonchev–Trinajstić information content (AvgIpc) is 3.04. The van der Waals surface area contributed by atoms with Crippen LogP contribution >= 0.6 is 0 Å². The lowest BCUT2D eigenvalue weighted by molar-refractivity contribution is -0.122. The molecule has 2 amide bonds. The number of hydrogen-bond donors (Lipinski definition) is 1. The van der Waals surface area contributed by atoms with Crippen molar-refractivity contribution in [2.75, 3.05) is 18.0 Å². The number of imide groups is 1. The first kappa shape index (κ1) is 11.6. The third-order valence-electron chi connectivity index (χ3n) is 4.28. The molecular formula is C16H14N2O2. The van der Waals surface area contributed by atoms with E-state index >= 15 is 0 Å². The second kappa shape index (κ2) is 4.15. The smallest absolute Gasteiger partial charge is 0.239 e. The molecule has 2 aliphatic heterocycles. The lowest BCUT2D eigenvalue weighted by atomic mass is 10.00. The van der Waals surface area contributed by atoms with E-state index in [0.29, 0.717) is 18.8 Å². The van der Waals surface area contributed by atoms with Crippen LogP contribution in [0.2, 0.25) is 0 Å². The van der Waals surface area contributed by atoms with Gasteiger partial charge in [0.05, 0.1) is 17.5 Å². The lowest BCUT2D eigenvalue weighted by Gasteiger charge is -2.16. The molecule has 0 spiro atoms. The van der Waals surface area contributed by atoms with Crippen LogP contribution < -0.4 is 10.2 Å². The van der Waals surface area contributed by atoms with Crippen LogP contribution in [0.1, 0.15) is 0 Å². The van der Waals surface area contributed by atoms with Crippen LogP contribution in [0.15, 0.2) is 42.5 Å². The molecule has 2 aliphatic rings. The van der Waals surface area contributed by atoms with Gasteiger partial charge in [-0.15, -0.1) is 0 Å². The van der Waals surface area contributed by atoms with Gasteiger partial charge in [0.1, 0.15) is 0 Å². The average molecular weight is 266 g/mol. The molecule has 4 rings (SSSR count). The minimum atomic E-state index is -0.186. The molecule has 0 saturated carbocycles. The van der Waals surface area contributed by atoms with Crippen LogP contribution in [-0.4, -0.2) is 24.9 Å². The predicted molar refractivity (Wildman–Crippen MR) is 76.3 cm³/mol. The summed E-state index contributed by atoms with van der Waals surface area (Å²) in [5, 5.41) is 5.27. The van der Waals surface area contributed by atoms with Gasteiger partial charge in [0, 0.05) is 13.1 Å². The molecule has 0 aromatic heterocycles. The fourth-order valence-corrected chi connectivity index (χ4v) is 3.21. The minimum Gasteiger partial charge on any atom is -0.315 e. The quantitative estimate of drug-likeness (QED) is 0.797. The van der Waals surface area contributed by atoms with E-state index in [1.54, 1.807) is 0 Å². The van der Waals surface area contributed by atoms with Crippen molar-refractivity contribution < 1.29 is 9.59 Å². The highest BCUT2D eigenvalue weighted by Crippen LogP contribution is 2.34. The summed E-state index contributed by atoms with van der Waals surface area (Å²) in [4.78, 5) is 26.2. The zero-order valence-corrected chi connectivity index (χ0v) is 10.9. The second-order valence-corrected chi connectivity index (χ2v) is 5.41. The Hall–Kier alpha value is -2.20. The van der Waals surface area contributed by atoms with Crippen molar-refractivity contribution in [1.29, 1.82) is 0 Å². The minimum absolute atomic E-state index is 0.0692. The van der Waals surface area contributed by atoms with Gasteiger partial charge in [0.25, 0.3) is 0 Å². The molecule has 2 atom stereocenters. The number of fused-ring (bicyclic) bond motifs is 2.